The molecular weight excluding hydrogens is 256 g/mol. The van der Waals surface area contributed by atoms with Crippen LogP contribution in [-0.4, -0.2) is 11.3 Å². The van der Waals surface area contributed by atoms with E-state index in [-0.39, 0.29) is 11.3 Å². The summed E-state index contributed by atoms with van der Waals surface area (Å²) in [6.07, 6.45) is 3.20. The van der Waals surface area contributed by atoms with Crippen molar-refractivity contribution in [2.24, 2.45) is 4.99 Å². The number of anilines is 1. The monoisotopic (exact) mass is 268 g/mol. The molecule has 0 spiro atoms. The zero-order valence-electron chi connectivity index (χ0n) is 10.8. The first kappa shape index (κ1) is 12.2. The van der Waals surface area contributed by atoms with E-state index in [1.165, 1.54) is 6.07 Å². The Balaban J connectivity index is 2.12. The van der Waals surface area contributed by atoms with Gasteiger partial charge in [0.15, 0.2) is 0 Å². The summed E-state index contributed by atoms with van der Waals surface area (Å²) < 4.78 is 5.03. The van der Waals surface area contributed by atoms with E-state index in [4.69, 9.17) is 4.42 Å². The van der Waals surface area contributed by atoms with Gasteiger partial charge in [0.05, 0.1) is 17.1 Å². The van der Waals surface area contributed by atoms with E-state index in [1.54, 1.807) is 19.2 Å². The average Bonchev–Trinajstić information content (AvgIpc) is 2.59. The van der Waals surface area contributed by atoms with E-state index in [2.05, 4.69) is 10.3 Å². The third-order valence-electron chi connectivity index (χ3n) is 2.95. The number of nitrogens with one attached hydrogen (secondary N) is 1. The Hall–Kier alpha value is -2.82. The molecule has 0 unspecified atom stereocenters. The molecule has 2 aromatic rings. The topological polar surface area (TPSA) is 74.8 Å². The molecule has 20 heavy (non-hydrogen) atoms. The summed E-state index contributed by atoms with van der Waals surface area (Å²) in [4.78, 5) is 16.2. The van der Waals surface area contributed by atoms with Crippen LogP contribution in [0.2, 0.25) is 0 Å². The number of fused-ring (bicyclic) bond motifs is 1. The number of benzene rings is 1. The minimum atomic E-state index is -0.589. The van der Waals surface area contributed by atoms with Crippen molar-refractivity contribution in [2.45, 2.75) is 6.92 Å². The van der Waals surface area contributed by atoms with Crippen LogP contribution in [-0.2, 0) is 0 Å². The van der Waals surface area contributed by atoms with E-state index < -0.39 is 5.63 Å². The number of rotatable bonds is 1. The number of hydrogen-bond donors (Lipinski definition) is 2. The maximum atomic E-state index is 11.9. The second-order valence-corrected chi connectivity index (χ2v) is 4.41. The molecule has 0 saturated heterocycles. The molecule has 100 valence electrons. The Morgan fingerprint density at radius 3 is 2.90 bits per heavy atom. The fraction of sp³-hybridized carbons (Fsp3) is 0.0667. The first-order valence-electron chi connectivity index (χ1n) is 6.09. The Labute approximate surface area is 114 Å². The average molecular weight is 268 g/mol. The van der Waals surface area contributed by atoms with Gasteiger partial charge in [0.1, 0.15) is 17.1 Å². The molecule has 0 saturated carbocycles. The highest BCUT2D eigenvalue weighted by Gasteiger charge is 2.16. The largest absolute Gasteiger partial charge is 0.507 e. The summed E-state index contributed by atoms with van der Waals surface area (Å²) in [5.41, 5.74) is 1.47. The van der Waals surface area contributed by atoms with Crippen molar-refractivity contribution in [2.75, 3.05) is 5.32 Å². The predicted octanol–water partition coefficient (Wildman–Crippen LogP) is 2.82. The number of aromatic hydroxyl groups is 1. The molecule has 0 amide bonds. The quantitative estimate of drug-likeness (QED) is 0.834. The normalized spacial score (nSPS) is 13.2. The van der Waals surface area contributed by atoms with Crippen LogP contribution >= 0.6 is 0 Å². The second-order valence-electron chi connectivity index (χ2n) is 4.41. The molecule has 1 aromatic heterocycles. The van der Waals surface area contributed by atoms with Gasteiger partial charge in [0, 0.05) is 12.3 Å². The van der Waals surface area contributed by atoms with Gasteiger partial charge in [-0.05, 0) is 25.1 Å². The Bertz CT molecular complexity index is 788. The van der Waals surface area contributed by atoms with Gasteiger partial charge in [0.2, 0.25) is 0 Å². The van der Waals surface area contributed by atoms with Crippen molar-refractivity contribution in [1.82, 2.24) is 0 Å². The van der Waals surface area contributed by atoms with Crippen molar-refractivity contribution >= 4 is 23.3 Å². The lowest BCUT2D eigenvalue weighted by atomic mass is 10.1. The number of hydrogen-bond acceptors (Lipinski definition) is 5. The van der Waals surface area contributed by atoms with Crippen molar-refractivity contribution in [3.63, 3.8) is 0 Å². The molecule has 1 aromatic carbocycles. The highest BCUT2D eigenvalue weighted by atomic mass is 16.4. The highest BCUT2D eigenvalue weighted by Crippen LogP contribution is 2.31. The SMILES string of the molecule is Cc1cc(O)c(C2=CC=Nc3ccccc3N2)c(=O)o1. The van der Waals surface area contributed by atoms with Crippen molar-refractivity contribution in [1.29, 1.82) is 0 Å². The molecule has 5 nitrogen and oxygen atoms in total. The van der Waals surface area contributed by atoms with Crippen LogP contribution in [0.1, 0.15) is 11.3 Å². The zero-order chi connectivity index (χ0) is 14.1. The molecule has 0 aliphatic carbocycles. The van der Waals surface area contributed by atoms with Gasteiger partial charge < -0.3 is 14.8 Å². The Morgan fingerprint density at radius 1 is 1.30 bits per heavy atom. The summed E-state index contributed by atoms with van der Waals surface area (Å²) in [6.45, 7) is 1.61. The number of nitrogens with zero attached hydrogens (tertiary/aromatic N) is 1. The first-order valence-corrected chi connectivity index (χ1v) is 6.09. The van der Waals surface area contributed by atoms with Gasteiger partial charge in [-0.1, -0.05) is 12.1 Å². The molecule has 2 heterocycles. The van der Waals surface area contributed by atoms with Crippen molar-refractivity contribution in [3.8, 4) is 5.75 Å². The van der Waals surface area contributed by atoms with E-state index in [9.17, 15) is 9.90 Å². The standard InChI is InChI=1S/C15H12N2O3/c1-9-8-13(18)14(15(19)20-9)12-6-7-16-10-4-2-3-5-11(10)17-12/h2-8,17-18H,1H3. The molecule has 0 bridgehead atoms. The molecule has 1 aliphatic heterocycles. The van der Waals surface area contributed by atoms with Crippen LogP contribution in [0.5, 0.6) is 5.75 Å². The van der Waals surface area contributed by atoms with Crippen molar-refractivity contribution < 1.29 is 9.52 Å². The number of aryl methyl sites for hydroxylation is 1. The molecule has 1 aliphatic rings. The van der Waals surface area contributed by atoms with Crippen LogP contribution in [0.4, 0.5) is 11.4 Å². The smallest absolute Gasteiger partial charge is 0.349 e. The number of aliphatic imine (C=N–C) groups is 1. The lowest BCUT2D eigenvalue weighted by Gasteiger charge is -2.11. The van der Waals surface area contributed by atoms with Crippen LogP contribution in [0, 0.1) is 6.92 Å². The Kier molecular flexibility index (Phi) is 2.87. The van der Waals surface area contributed by atoms with E-state index >= 15 is 0 Å². The third-order valence-corrected chi connectivity index (χ3v) is 2.95. The number of para-hydroxylation sites is 2. The van der Waals surface area contributed by atoms with Gasteiger partial charge in [-0.2, -0.15) is 0 Å². The van der Waals surface area contributed by atoms with E-state index in [1.807, 2.05) is 24.3 Å². The summed E-state index contributed by atoms with van der Waals surface area (Å²) in [6, 6.07) is 8.85. The van der Waals surface area contributed by atoms with Crippen LogP contribution in [0.15, 0.2) is 50.6 Å². The highest BCUT2D eigenvalue weighted by molar-refractivity contribution is 5.95. The maximum absolute atomic E-state index is 11.9. The van der Waals surface area contributed by atoms with E-state index in [0.717, 1.165) is 11.4 Å². The maximum Gasteiger partial charge on any atom is 0.349 e. The third kappa shape index (κ3) is 2.09. The molecule has 2 N–H and O–H groups in total. The van der Waals surface area contributed by atoms with Gasteiger partial charge in [-0.15, -0.1) is 0 Å². The van der Waals surface area contributed by atoms with Gasteiger partial charge >= 0.3 is 5.63 Å². The molecule has 0 radical (unpaired) electrons. The van der Waals surface area contributed by atoms with Gasteiger partial charge in [0.25, 0.3) is 0 Å². The fourth-order valence-electron chi connectivity index (χ4n) is 2.06. The fourth-order valence-corrected chi connectivity index (χ4v) is 2.06. The molecule has 0 fully saturated rings. The minimum Gasteiger partial charge on any atom is -0.507 e. The summed E-state index contributed by atoms with van der Waals surface area (Å²) >= 11 is 0. The van der Waals surface area contributed by atoms with Gasteiger partial charge in [-0.3, -0.25) is 4.99 Å². The lowest BCUT2D eigenvalue weighted by molar-refractivity contribution is 0.431. The molecule has 5 heteroatoms. The zero-order valence-corrected chi connectivity index (χ0v) is 10.8. The van der Waals surface area contributed by atoms with E-state index in [0.29, 0.717) is 11.5 Å². The van der Waals surface area contributed by atoms with Crippen LogP contribution in [0.3, 0.4) is 0 Å². The van der Waals surface area contributed by atoms with Crippen LogP contribution in [0.25, 0.3) is 5.70 Å². The second kappa shape index (κ2) is 4.70. The summed E-state index contributed by atoms with van der Waals surface area (Å²) in [7, 11) is 0. The molecule has 0 atom stereocenters. The minimum absolute atomic E-state index is 0.0961. The predicted molar refractivity (Wildman–Crippen MR) is 77.6 cm³/mol. The summed E-state index contributed by atoms with van der Waals surface area (Å²) in [5.74, 6) is 0.241. The lowest BCUT2D eigenvalue weighted by Crippen LogP contribution is -2.12. The molecular formula is C15H12N2O3. The van der Waals surface area contributed by atoms with Crippen LogP contribution < -0.4 is 10.9 Å². The number of allylic oxidation sites excluding steroid dienone is 1. The van der Waals surface area contributed by atoms with Gasteiger partial charge in [-0.25, -0.2) is 4.79 Å². The summed E-state index contributed by atoms with van der Waals surface area (Å²) in [5, 5.41) is 13.1. The Morgan fingerprint density at radius 2 is 2.10 bits per heavy atom. The molecule has 3 rings (SSSR count). The first-order chi connectivity index (χ1) is 9.65. The van der Waals surface area contributed by atoms with Crippen molar-refractivity contribution in [3.05, 3.63) is 58.2 Å².